The van der Waals surface area contributed by atoms with Crippen molar-refractivity contribution in [3.8, 4) is 5.75 Å². The van der Waals surface area contributed by atoms with E-state index < -0.39 is 6.10 Å². The highest BCUT2D eigenvalue weighted by molar-refractivity contribution is 5.29. The minimum atomic E-state index is -0.609. The zero-order chi connectivity index (χ0) is 14.4. The van der Waals surface area contributed by atoms with E-state index in [2.05, 4.69) is 0 Å². The average molecular weight is 264 g/mol. The van der Waals surface area contributed by atoms with Gasteiger partial charge in [0.2, 0.25) is 0 Å². The quantitative estimate of drug-likeness (QED) is 0.830. The van der Waals surface area contributed by atoms with Crippen molar-refractivity contribution in [2.45, 2.75) is 44.6 Å². The van der Waals surface area contributed by atoms with E-state index in [4.69, 9.17) is 11.8 Å². The lowest BCUT2D eigenvalue weighted by atomic mass is 9.90. The average Bonchev–Trinajstić information content (AvgIpc) is 2.46. The van der Waals surface area contributed by atoms with Gasteiger partial charge < -0.3 is 15.6 Å². The molecule has 1 unspecified atom stereocenters. The van der Waals surface area contributed by atoms with Crippen LogP contribution < -0.4 is 10.5 Å². The predicted molar refractivity (Wildman–Crippen MR) is 77.1 cm³/mol. The monoisotopic (exact) mass is 264 g/mol. The fourth-order valence-corrected chi connectivity index (χ4v) is 2.64. The fourth-order valence-electron chi connectivity index (χ4n) is 2.64. The third kappa shape index (κ3) is 4.51. The van der Waals surface area contributed by atoms with Gasteiger partial charge >= 0.3 is 0 Å². The van der Waals surface area contributed by atoms with Gasteiger partial charge in [0, 0.05) is 0 Å². The van der Waals surface area contributed by atoms with Crippen LogP contribution in [-0.4, -0.2) is 18.3 Å². The maximum Gasteiger partial charge on any atom is 0.119 e. The first-order valence-corrected chi connectivity index (χ1v) is 7.31. The van der Waals surface area contributed by atoms with Crippen molar-refractivity contribution in [2.24, 2.45) is 11.7 Å². The summed E-state index contributed by atoms with van der Waals surface area (Å²) < 4.78 is 13.6. The molecule has 19 heavy (non-hydrogen) atoms. The molecule has 1 aromatic rings. The van der Waals surface area contributed by atoms with Crippen molar-refractivity contribution in [2.75, 3.05) is 13.2 Å². The highest BCUT2D eigenvalue weighted by Gasteiger charge is 2.14. The topological polar surface area (TPSA) is 55.5 Å². The van der Waals surface area contributed by atoms with Crippen LogP contribution in [0.3, 0.4) is 0 Å². The van der Waals surface area contributed by atoms with Crippen LogP contribution in [0.1, 0.15) is 51.6 Å². The van der Waals surface area contributed by atoms with Crippen LogP contribution in [0, 0.1) is 5.92 Å². The van der Waals surface area contributed by atoms with E-state index in [0.29, 0.717) is 30.7 Å². The summed E-state index contributed by atoms with van der Waals surface area (Å²) in [6, 6.07) is 5.59. The number of aliphatic hydroxyl groups excluding tert-OH is 1. The Morgan fingerprint density at radius 1 is 1.37 bits per heavy atom. The molecule has 1 aromatic carbocycles. The van der Waals surface area contributed by atoms with E-state index in [1.807, 2.05) is 6.07 Å². The molecule has 3 nitrogen and oxygen atoms in total. The Bertz CT molecular complexity index is 419. The van der Waals surface area contributed by atoms with Crippen LogP contribution in [0.25, 0.3) is 0 Å². The molecule has 106 valence electrons. The lowest BCUT2D eigenvalue weighted by molar-refractivity contribution is 0.169. The van der Waals surface area contributed by atoms with Crippen LogP contribution in [0.5, 0.6) is 5.75 Å². The highest BCUT2D eigenvalue weighted by Crippen LogP contribution is 2.26. The maximum atomic E-state index is 9.97. The summed E-state index contributed by atoms with van der Waals surface area (Å²) in [5, 5.41) is 9.97. The van der Waals surface area contributed by atoms with Crippen molar-refractivity contribution in [1.29, 1.82) is 0 Å². The molecule has 1 aliphatic rings. The predicted octanol–water partition coefficient (Wildman–Crippen LogP) is 3.03. The van der Waals surface area contributed by atoms with Gasteiger partial charge in [-0.1, -0.05) is 31.4 Å². The minimum Gasteiger partial charge on any atom is -0.493 e. The second-order valence-electron chi connectivity index (χ2n) is 5.41. The first kappa shape index (κ1) is 12.9. The zero-order valence-electron chi connectivity index (χ0n) is 12.5. The summed E-state index contributed by atoms with van der Waals surface area (Å²) in [7, 11) is 0. The van der Waals surface area contributed by atoms with E-state index in [9.17, 15) is 5.11 Å². The summed E-state index contributed by atoms with van der Waals surface area (Å²) in [4.78, 5) is 0. The van der Waals surface area contributed by atoms with Gasteiger partial charge in [0.25, 0.3) is 0 Å². The van der Waals surface area contributed by atoms with Crippen molar-refractivity contribution < 1.29 is 11.2 Å². The second kappa shape index (κ2) is 7.51. The number of hydrogen-bond donors (Lipinski definition) is 2. The molecule has 0 heterocycles. The molecule has 1 saturated carbocycles. The largest absolute Gasteiger partial charge is 0.493 e. The van der Waals surface area contributed by atoms with Gasteiger partial charge in [-0.2, -0.15) is 0 Å². The Morgan fingerprint density at radius 2 is 2.16 bits per heavy atom. The van der Waals surface area contributed by atoms with E-state index in [1.165, 1.54) is 32.1 Å². The minimum absolute atomic E-state index is 0.372. The van der Waals surface area contributed by atoms with Crippen molar-refractivity contribution in [3.63, 3.8) is 0 Å². The Labute approximate surface area is 117 Å². The lowest BCUT2D eigenvalue weighted by Gasteiger charge is -2.22. The molecule has 0 saturated heterocycles. The second-order valence-corrected chi connectivity index (χ2v) is 5.41. The number of rotatable bonds is 6. The third-order valence-electron chi connectivity index (χ3n) is 3.82. The number of nitrogens with two attached hydrogens (primary N) is 1. The summed E-state index contributed by atoms with van der Waals surface area (Å²) in [5.74, 6) is 1.32. The molecule has 0 amide bonds. The maximum absolute atomic E-state index is 9.97. The van der Waals surface area contributed by atoms with Crippen LogP contribution in [0.4, 0.5) is 0 Å². The summed E-state index contributed by atoms with van der Waals surface area (Å²) in [6.07, 6.45) is 6.31. The molecule has 1 fully saturated rings. The summed E-state index contributed by atoms with van der Waals surface area (Å²) in [6.45, 7) is 1.15. The molecule has 0 aliphatic heterocycles. The number of ether oxygens (including phenoxy) is 1. The Kier molecular flexibility index (Phi) is 5.12. The van der Waals surface area contributed by atoms with E-state index in [0.717, 1.165) is 12.2 Å². The molecule has 3 heteroatoms. The molecular formula is C16H25NO2. The molecule has 0 spiro atoms. The standard InChI is InChI=1S/C16H25NO2/c17-10-9-16(18)14-7-4-8-15(11-14)19-12-13-5-2-1-3-6-13/h4,7-8,11,13,16,18H,1-3,5-6,9-10,12,17H2/i4D. The van der Waals surface area contributed by atoms with Crippen molar-refractivity contribution in [3.05, 3.63) is 29.8 Å². The van der Waals surface area contributed by atoms with Gasteiger partial charge in [0.15, 0.2) is 0 Å². The molecular weight excluding hydrogens is 238 g/mol. The van der Waals surface area contributed by atoms with Crippen molar-refractivity contribution >= 4 is 0 Å². The SMILES string of the molecule is [2H]c1cc(OCC2CCCCC2)cc(C(O)CCN)c1. The summed E-state index contributed by atoms with van der Waals surface area (Å²) >= 11 is 0. The lowest BCUT2D eigenvalue weighted by Crippen LogP contribution is -2.15. The third-order valence-corrected chi connectivity index (χ3v) is 3.82. The Hall–Kier alpha value is -1.06. The van der Waals surface area contributed by atoms with Gasteiger partial charge in [0.1, 0.15) is 5.75 Å². The highest BCUT2D eigenvalue weighted by atomic mass is 16.5. The first-order valence-electron chi connectivity index (χ1n) is 7.81. The number of benzene rings is 1. The first-order chi connectivity index (χ1) is 9.69. The van der Waals surface area contributed by atoms with Crippen molar-refractivity contribution in [1.82, 2.24) is 0 Å². The van der Waals surface area contributed by atoms with Crippen LogP contribution in [0.15, 0.2) is 24.2 Å². The molecule has 1 aliphatic carbocycles. The van der Waals surface area contributed by atoms with Crippen LogP contribution >= 0.6 is 0 Å². The molecule has 1 atom stereocenters. The zero-order valence-corrected chi connectivity index (χ0v) is 11.5. The van der Waals surface area contributed by atoms with Gasteiger partial charge in [-0.25, -0.2) is 0 Å². The fraction of sp³-hybridized carbons (Fsp3) is 0.625. The number of aliphatic hydroxyl groups is 1. The van der Waals surface area contributed by atoms with Gasteiger partial charge in [0.05, 0.1) is 14.1 Å². The van der Waals surface area contributed by atoms with Gasteiger partial charge in [-0.3, -0.25) is 0 Å². The number of hydrogen-bond acceptors (Lipinski definition) is 3. The normalized spacial score (nSPS) is 18.9. The van der Waals surface area contributed by atoms with Gasteiger partial charge in [-0.15, -0.1) is 0 Å². The molecule has 0 aromatic heterocycles. The Morgan fingerprint density at radius 3 is 2.89 bits per heavy atom. The molecule has 0 bridgehead atoms. The smallest absolute Gasteiger partial charge is 0.119 e. The summed E-state index contributed by atoms with van der Waals surface area (Å²) in [5.41, 5.74) is 6.18. The van der Waals surface area contributed by atoms with Crippen LogP contribution in [0.2, 0.25) is 0 Å². The van der Waals surface area contributed by atoms with E-state index >= 15 is 0 Å². The van der Waals surface area contributed by atoms with E-state index in [1.54, 1.807) is 12.1 Å². The molecule has 3 N–H and O–H groups in total. The van der Waals surface area contributed by atoms with Crippen LogP contribution in [-0.2, 0) is 0 Å². The molecule has 2 rings (SSSR count). The van der Waals surface area contributed by atoms with E-state index in [-0.39, 0.29) is 0 Å². The Balaban J connectivity index is 1.96. The van der Waals surface area contributed by atoms with Gasteiger partial charge in [-0.05, 0) is 49.4 Å². The molecule has 0 radical (unpaired) electrons.